The molecule has 0 spiro atoms. The van der Waals surface area contributed by atoms with Crippen LogP contribution in [0.15, 0.2) is 23.3 Å². The first kappa shape index (κ1) is 17.2. The first-order valence-corrected chi connectivity index (χ1v) is 8.09. The number of nitrogens with one attached hydrogen (secondary N) is 1. The molecule has 0 aromatic heterocycles. The Morgan fingerprint density at radius 1 is 1.13 bits per heavy atom. The van der Waals surface area contributed by atoms with Crippen molar-refractivity contribution < 1.29 is 9.59 Å². The van der Waals surface area contributed by atoms with Gasteiger partial charge in [0, 0.05) is 25.6 Å². The van der Waals surface area contributed by atoms with Crippen LogP contribution in [0.2, 0.25) is 0 Å². The van der Waals surface area contributed by atoms with Crippen molar-refractivity contribution in [3.63, 3.8) is 0 Å². The van der Waals surface area contributed by atoms with Gasteiger partial charge in [-0.3, -0.25) is 9.59 Å². The summed E-state index contributed by atoms with van der Waals surface area (Å²) in [6, 6.07) is 6.12. The highest BCUT2D eigenvalue weighted by molar-refractivity contribution is 6.43. The van der Waals surface area contributed by atoms with Crippen LogP contribution in [0, 0.1) is 0 Å². The summed E-state index contributed by atoms with van der Waals surface area (Å²) in [5.74, 6) is 0.328. The summed E-state index contributed by atoms with van der Waals surface area (Å²) in [6.07, 6.45) is 0.710. The standard InChI is InChI=1S/C18H25N3O2/c1-11(2)13-7-6-8-14(12(3)4)17(13)19-18(23)15-9-10-16(22)21(5)20-15/h6-8,11-12H,9-10H2,1-5H3,(H,19,23). The zero-order chi connectivity index (χ0) is 17.1. The predicted molar refractivity (Wildman–Crippen MR) is 92.7 cm³/mol. The minimum absolute atomic E-state index is 0.0630. The zero-order valence-corrected chi connectivity index (χ0v) is 14.5. The molecule has 23 heavy (non-hydrogen) atoms. The third-order valence-corrected chi connectivity index (χ3v) is 4.08. The van der Waals surface area contributed by atoms with E-state index in [-0.39, 0.29) is 11.8 Å². The van der Waals surface area contributed by atoms with Crippen molar-refractivity contribution >= 4 is 23.2 Å². The fourth-order valence-corrected chi connectivity index (χ4v) is 2.71. The maximum absolute atomic E-state index is 12.6. The molecule has 0 unspecified atom stereocenters. The molecule has 0 aliphatic carbocycles. The number of hydrogen-bond acceptors (Lipinski definition) is 3. The van der Waals surface area contributed by atoms with Gasteiger partial charge >= 0.3 is 0 Å². The molecule has 0 fully saturated rings. The predicted octanol–water partition coefficient (Wildman–Crippen LogP) is 3.48. The molecule has 0 bridgehead atoms. The van der Waals surface area contributed by atoms with Crippen molar-refractivity contribution in [3.8, 4) is 0 Å². The number of carbonyl (C=O) groups excluding carboxylic acids is 2. The monoisotopic (exact) mass is 315 g/mol. The highest BCUT2D eigenvalue weighted by Crippen LogP contribution is 2.32. The fourth-order valence-electron chi connectivity index (χ4n) is 2.71. The van der Waals surface area contributed by atoms with Crippen LogP contribution < -0.4 is 5.32 Å². The first-order chi connectivity index (χ1) is 10.8. The smallest absolute Gasteiger partial charge is 0.271 e. The van der Waals surface area contributed by atoms with Gasteiger partial charge in [0.05, 0.1) is 0 Å². The maximum atomic E-state index is 12.6. The van der Waals surface area contributed by atoms with Gasteiger partial charge in [0.25, 0.3) is 5.91 Å². The van der Waals surface area contributed by atoms with Crippen molar-refractivity contribution in [1.82, 2.24) is 5.01 Å². The molecule has 2 rings (SSSR count). The molecule has 5 nitrogen and oxygen atoms in total. The van der Waals surface area contributed by atoms with Crippen LogP contribution in [0.1, 0.15) is 63.5 Å². The van der Waals surface area contributed by atoms with Crippen LogP contribution in [0.3, 0.4) is 0 Å². The molecule has 1 N–H and O–H groups in total. The van der Waals surface area contributed by atoms with Gasteiger partial charge in [0.1, 0.15) is 5.71 Å². The van der Waals surface area contributed by atoms with Gasteiger partial charge in [-0.25, -0.2) is 5.01 Å². The van der Waals surface area contributed by atoms with Crippen LogP contribution in [0.4, 0.5) is 5.69 Å². The Balaban J connectivity index is 2.34. The summed E-state index contributed by atoms with van der Waals surface area (Å²) in [5, 5.41) is 8.38. The minimum Gasteiger partial charge on any atom is -0.320 e. The molecule has 0 atom stereocenters. The number of rotatable bonds is 4. The molecule has 0 radical (unpaired) electrons. The van der Waals surface area contributed by atoms with E-state index in [1.54, 1.807) is 7.05 Å². The number of hydrogen-bond donors (Lipinski definition) is 1. The van der Waals surface area contributed by atoms with Crippen LogP contribution in [0.5, 0.6) is 0 Å². The lowest BCUT2D eigenvalue weighted by Crippen LogP contribution is -2.34. The Bertz CT molecular complexity index is 621. The van der Waals surface area contributed by atoms with E-state index in [2.05, 4.69) is 38.1 Å². The van der Waals surface area contributed by atoms with Gasteiger partial charge in [-0.05, 0) is 23.0 Å². The average Bonchev–Trinajstić information content (AvgIpc) is 2.49. The first-order valence-electron chi connectivity index (χ1n) is 8.09. The molecule has 1 aliphatic rings. The molecule has 1 aromatic rings. The molecule has 0 saturated carbocycles. The number of anilines is 1. The van der Waals surface area contributed by atoms with E-state index in [1.807, 2.05) is 18.2 Å². The highest BCUT2D eigenvalue weighted by atomic mass is 16.2. The Labute approximate surface area is 137 Å². The van der Waals surface area contributed by atoms with E-state index in [0.717, 1.165) is 16.8 Å². The van der Waals surface area contributed by atoms with Crippen LogP contribution >= 0.6 is 0 Å². The summed E-state index contributed by atoms with van der Waals surface area (Å²) < 4.78 is 0. The number of para-hydroxylation sites is 1. The van der Waals surface area contributed by atoms with E-state index in [4.69, 9.17) is 0 Å². The van der Waals surface area contributed by atoms with E-state index >= 15 is 0 Å². The van der Waals surface area contributed by atoms with E-state index in [0.29, 0.717) is 30.4 Å². The number of amides is 2. The highest BCUT2D eigenvalue weighted by Gasteiger charge is 2.24. The lowest BCUT2D eigenvalue weighted by Gasteiger charge is -2.22. The summed E-state index contributed by atoms with van der Waals surface area (Å²) >= 11 is 0. The zero-order valence-electron chi connectivity index (χ0n) is 14.5. The van der Waals surface area contributed by atoms with Crippen molar-refractivity contribution in [1.29, 1.82) is 0 Å². The second-order valence-electron chi connectivity index (χ2n) is 6.54. The van der Waals surface area contributed by atoms with Crippen molar-refractivity contribution in [3.05, 3.63) is 29.3 Å². The molecule has 2 amide bonds. The van der Waals surface area contributed by atoms with Gasteiger partial charge in [-0.2, -0.15) is 5.10 Å². The van der Waals surface area contributed by atoms with Crippen LogP contribution in [-0.2, 0) is 9.59 Å². The van der Waals surface area contributed by atoms with Gasteiger partial charge in [-0.1, -0.05) is 45.9 Å². The molecule has 5 heteroatoms. The number of hydrazone groups is 1. The topological polar surface area (TPSA) is 61.8 Å². The van der Waals surface area contributed by atoms with Gasteiger partial charge in [-0.15, -0.1) is 0 Å². The number of carbonyl (C=O) groups is 2. The Hall–Kier alpha value is -2.17. The summed E-state index contributed by atoms with van der Waals surface area (Å²) in [6.45, 7) is 8.44. The Morgan fingerprint density at radius 2 is 1.70 bits per heavy atom. The van der Waals surface area contributed by atoms with Crippen molar-refractivity contribution in [2.45, 2.75) is 52.4 Å². The Kier molecular flexibility index (Phi) is 5.19. The summed E-state index contributed by atoms with van der Waals surface area (Å²) in [7, 11) is 1.58. The normalized spacial score (nSPS) is 15.2. The van der Waals surface area contributed by atoms with Gasteiger partial charge < -0.3 is 5.32 Å². The third-order valence-electron chi connectivity index (χ3n) is 4.08. The molecule has 1 aromatic carbocycles. The molecular formula is C18H25N3O2. The number of nitrogens with zero attached hydrogens (tertiary/aromatic N) is 2. The van der Waals surface area contributed by atoms with Crippen molar-refractivity contribution in [2.24, 2.45) is 5.10 Å². The molecule has 1 heterocycles. The lowest BCUT2D eigenvalue weighted by atomic mass is 9.92. The van der Waals surface area contributed by atoms with Crippen LogP contribution in [-0.4, -0.2) is 29.6 Å². The van der Waals surface area contributed by atoms with E-state index in [1.165, 1.54) is 5.01 Å². The van der Waals surface area contributed by atoms with E-state index in [9.17, 15) is 9.59 Å². The largest absolute Gasteiger partial charge is 0.320 e. The molecular weight excluding hydrogens is 290 g/mol. The lowest BCUT2D eigenvalue weighted by molar-refractivity contribution is -0.130. The quantitative estimate of drug-likeness (QED) is 0.924. The fraction of sp³-hybridized carbons (Fsp3) is 0.500. The van der Waals surface area contributed by atoms with Gasteiger partial charge in [0.15, 0.2) is 0 Å². The summed E-state index contributed by atoms with van der Waals surface area (Å²) in [4.78, 5) is 24.1. The number of benzene rings is 1. The van der Waals surface area contributed by atoms with Gasteiger partial charge in [0.2, 0.25) is 5.91 Å². The molecule has 1 aliphatic heterocycles. The van der Waals surface area contributed by atoms with E-state index < -0.39 is 0 Å². The SMILES string of the molecule is CC(C)c1cccc(C(C)C)c1NC(=O)C1=NN(C)C(=O)CC1. The second-order valence-corrected chi connectivity index (χ2v) is 6.54. The Morgan fingerprint density at radius 3 is 2.17 bits per heavy atom. The average molecular weight is 315 g/mol. The molecule has 124 valence electrons. The van der Waals surface area contributed by atoms with Crippen LogP contribution in [0.25, 0.3) is 0 Å². The van der Waals surface area contributed by atoms with Crippen molar-refractivity contribution in [2.75, 3.05) is 12.4 Å². The minimum atomic E-state index is -0.223. The maximum Gasteiger partial charge on any atom is 0.271 e. The second kappa shape index (κ2) is 6.94. The third kappa shape index (κ3) is 3.78. The molecule has 0 saturated heterocycles. The summed E-state index contributed by atoms with van der Waals surface area (Å²) in [5.41, 5.74) is 3.51.